The highest BCUT2D eigenvalue weighted by Crippen LogP contribution is 2.38. The van der Waals surface area contributed by atoms with E-state index in [9.17, 15) is 5.11 Å². The van der Waals surface area contributed by atoms with Crippen molar-refractivity contribution in [1.82, 2.24) is 4.90 Å². The second kappa shape index (κ2) is 8.38. The van der Waals surface area contributed by atoms with E-state index in [0.29, 0.717) is 6.04 Å². The molecular formula is C18H35NO. The molecule has 2 aliphatic heterocycles. The van der Waals surface area contributed by atoms with Crippen molar-refractivity contribution in [3.63, 3.8) is 0 Å². The SMILES string of the molecule is CCCCCC[C@H](O)[C@@H]1CC[C@@H]2CCC[C@H](CCC)N21. The lowest BCUT2D eigenvalue weighted by Crippen LogP contribution is -2.51. The molecule has 0 saturated carbocycles. The summed E-state index contributed by atoms with van der Waals surface area (Å²) in [6, 6.07) is 2.02. The standard InChI is InChI=1S/C18H35NO/c1-3-5-6-7-12-18(20)17-14-13-16-11-8-10-15(9-4-2)19(16)17/h15-18,20H,3-14H2,1-2H3/t15-,16-,17-,18-/m0/s1. The molecule has 0 aromatic heterocycles. The van der Waals surface area contributed by atoms with Crippen LogP contribution in [0.2, 0.25) is 0 Å². The van der Waals surface area contributed by atoms with Gasteiger partial charge in [-0.05, 0) is 38.5 Å². The van der Waals surface area contributed by atoms with Crippen molar-refractivity contribution >= 4 is 0 Å². The van der Waals surface area contributed by atoms with Crippen LogP contribution in [0.3, 0.4) is 0 Å². The number of unbranched alkanes of at least 4 members (excludes halogenated alkanes) is 3. The summed E-state index contributed by atoms with van der Waals surface area (Å²) >= 11 is 0. The third kappa shape index (κ3) is 3.98. The summed E-state index contributed by atoms with van der Waals surface area (Å²) in [5.41, 5.74) is 0. The lowest BCUT2D eigenvalue weighted by Gasteiger charge is -2.43. The number of hydrogen-bond acceptors (Lipinski definition) is 2. The van der Waals surface area contributed by atoms with Crippen LogP contribution < -0.4 is 0 Å². The highest BCUT2D eigenvalue weighted by molar-refractivity contribution is 4.97. The van der Waals surface area contributed by atoms with Gasteiger partial charge in [0.15, 0.2) is 0 Å². The van der Waals surface area contributed by atoms with Crippen molar-refractivity contribution in [2.75, 3.05) is 0 Å². The average Bonchev–Trinajstić information content (AvgIpc) is 2.89. The lowest BCUT2D eigenvalue weighted by atomic mass is 9.92. The zero-order valence-electron chi connectivity index (χ0n) is 13.7. The van der Waals surface area contributed by atoms with Crippen molar-refractivity contribution < 1.29 is 5.11 Å². The molecule has 0 radical (unpaired) electrons. The van der Waals surface area contributed by atoms with Gasteiger partial charge in [-0.1, -0.05) is 52.4 Å². The van der Waals surface area contributed by atoms with Crippen molar-refractivity contribution in [2.24, 2.45) is 0 Å². The molecule has 2 heterocycles. The number of hydrogen-bond donors (Lipinski definition) is 1. The van der Waals surface area contributed by atoms with Crippen LogP contribution in [-0.4, -0.2) is 34.2 Å². The minimum atomic E-state index is -0.0747. The molecule has 0 aliphatic carbocycles. The summed E-state index contributed by atoms with van der Waals surface area (Å²) in [5, 5.41) is 10.6. The van der Waals surface area contributed by atoms with Crippen LogP contribution in [0.1, 0.15) is 90.9 Å². The topological polar surface area (TPSA) is 23.5 Å². The van der Waals surface area contributed by atoms with Crippen LogP contribution in [0.4, 0.5) is 0 Å². The van der Waals surface area contributed by atoms with Crippen molar-refractivity contribution in [3.8, 4) is 0 Å². The van der Waals surface area contributed by atoms with Crippen molar-refractivity contribution in [2.45, 2.75) is 115 Å². The van der Waals surface area contributed by atoms with E-state index in [1.165, 1.54) is 70.6 Å². The molecular weight excluding hydrogens is 246 g/mol. The second-order valence-corrected chi connectivity index (χ2v) is 7.04. The van der Waals surface area contributed by atoms with Gasteiger partial charge in [-0.3, -0.25) is 4.90 Å². The second-order valence-electron chi connectivity index (χ2n) is 7.04. The van der Waals surface area contributed by atoms with Gasteiger partial charge in [-0.2, -0.15) is 0 Å². The van der Waals surface area contributed by atoms with Gasteiger partial charge in [-0.25, -0.2) is 0 Å². The number of rotatable bonds is 8. The van der Waals surface area contributed by atoms with Crippen LogP contribution in [-0.2, 0) is 0 Å². The van der Waals surface area contributed by atoms with Crippen LogP contribution in [0.15, 0.2) is 0 Å². The van der Waals surface area contributed by atoms with Crippen LogP contribution in [0, 0.1) is 0 Å². The van der Waals surface area contributed by atoms with Gasteiger partial charge >= 0.3 is 0 Å². The summed E-state index contributed by atoms with van der Waals surface area (Å²) < 4.78 is 0. The smallest absolute Gasteiger partial charge is 0.0695 e. The quantitative estimate of drug-likeness (QED) is 0.662. The number of fused-ring (bicyclic) bond motifs is 1. The highest BCUT2D eigenvalue weighted by atomic mass is 16.3. The third-order valence-electron chi connectivity index (χ3n) is 5.52. The third-order valence-corrected chi connectivity index (χ3v) is 5.52. The van der Waals surface area contributed by atoms with E-state index >= 15 is 0 Å². The summed E-state index contributed by atoms with van der Waals surface area (Å²) in [6.45, 7) is 4.55. The minimum Gasteiger partial charge on any atom is -0.391 e. The number of aliphatic hydroxyl groups is 1. The van der Waals surface area contributed by atoms with Crippen LogP contribution >= 0.6 is 0 Å². The number of aliphatic hydroxyl groups excluding tert-OH is 1. The Hall–Kier alpha value is -0.0800. The molecule has 0 unspecified atom stereocenters. The molecule has 2 heteroatoms. The summed E-state index contributed by atoms with van der Waals surface area (Å²) in [4.78, 5) is 2.75. The monoisotopic (exact) mass is 281 g/mol. The predicted molar refractivity (Wildman–Crippen MR) is 86.0 cm³/mol. The maximum Gasteiger partial charge on any atom is 0.0695 e. The molecule has 2 aliphatic rings. The lowest BCUT2D eigenvalue weighted by molar-refractivity contribution is 0.00298. The first-order valence-corrected chi connectivity index (χ1v) is 9.23. The molecule has 118 valence electrons. The molecule has 0 spiro atoms. The van der Waals surface area contributed by atoms with Gasteiger partial charge in [0, 0.05) is 18.1 Å². The van der Waals surface area contributed by atoms with Crippen molar-refractivity contribution in [1.29, 1.82) is 0 Å². The fraction of sp³-hybridized carbons (Fsp3) is 1.00. The Bertz CT molecular complexity index is 266. The molecule has 2 saturated heterocycles. The fourth-order valence-corrected chi connectivity index (χ4v) is 4.52. The molecule has 0 aromatic rings. The normalized spacial score (nSPS) is 32.2. The van der Waals surface area contributed by atoms with Crippen LogP contribution in [0.25, 0.3) is 0 Å². The number of piperidine rings is 1. The molecule has 0 amide bonds. The molecule has 2 nitrogen and oxygen atoms in total. The van der Waals surface area contributed by atoms with Gasteiger partial charge in [0.1, 0.15) is 0 Å². The molecule has 4 atom stereocenters. The number of nitrogens with zero attached hydrogens (tertiary/aromatic N) is 1. The maximum atomic E-state index is 10.6. The van der Waals surface area contributed by atoms with E-state index in [2.05, 4.69) is 18.7 Å². The summed E-state index contributed by atoms with van der Waals surface area (Å²) in [6.07, 6.45) is 15.4. The minimum absolute atomic E-state index is 0.0747. The molecule has 1 N–H and O–H groups in total. The Balaban J connectivity index is 1.86. The first-order chi connectivity index (χ1) is 9.77. The summed E-state index contributed by atoms with van der Waals surface area (Å²) in [5.74, 6) is 0. The Kier molecular flexibility index (Phi) is 6.83. The van der Waals surface area contributed by atoms with E-state index in [1.807, 2.05) is 0 Å². The summed E-state index contributed by atoms with van der Waals surface area (Å²) in [7, 11) is 0. The Morgan fingerprint density at radius 2 is 1.85 bits per heavy atom. The molecule has 2 rings (SSSR count). The molecule has 2 fully saturated rings. The Morgan fingerprint density at radius 3 is 2.60 bits per heavy atom. The first-order valence-electron chi connectivity index (χ1n) is 9.23. The van der Waals surface area contributed by atoms with Gasteiger partial charge in [0.25, 0.3) is 0 Å². The molecule has 20 heavy (non-hydrogen) atoms. The Labute approximate surface area is 125 Å². The van der Waals surface area contributed by atoms with Gasteiger partial charge < -0.3 is 5.11 Å². The molecule has 0 bridgehead atoms. The van der Waals surface area contributed by atoms with E-state index in [1.54, 1.807) is 0 Å². The first kappa shape index (κ1) is 16.3. The van der Waals surface area contributed by atoms with E-state index < -0.39 is 0 Å². The van der Waals surface area contributed by atoms with Crippen LogP contribution in [0.5, 0.6) is 0 Å². The zero-order valence-corrected chi connectivity index (χ0v) is 13.7. The maximum absolute atomic E-state index is 10.6. The van der Waals surface area contributed by atoms with E-state index in [0.717, 1.165) is 18.5 Å². The largest absolute Gasteiger partial charge is 0.391 e. The van der Waals surface area contributed by atoms with Gasteiger partial charge in [-0.15, -0.1) is 0 Å². The Morgan fingerprint density at radius 1 is 1.00 bits per heavy atom. The predicted octanol–water partition coefficient (Wildman–Crippen LogP) is 4.50. The zero-order chi connectivity index (χ0) is 14.4. The highest BCUT2D eigenvalue weighted by Gasteiger charge is 2.42. The van der Waals surface area contributed by atoms with E-state index in [4.69, 9.17) is 0 Å². The van der Waals surface area contributed by atoms with E-state index in [-0.39, 0.29) is 6.10 Å². The van der Waals surface area contributed by atoms with Gasteiger partial charge in [0.2, 0.25) is 0 Å². The molecule has 0 aromatic carbocycles. The van der Waals surface area contributed by atoms with Gasteiger partial charge in [0.05, 0.1) is 6.10 Å². The van der Waals surface area contributed by atoms with Crippen molar-refractivity contribution in [3.05, 3.63) is 0 Å². The fourth-order valence-electron chi connectivity index (χ4n) is 4.52. The average molecular weight is 281 g/mol.